The highest BCUT2D eigenvalue weighted by Gasteiger charge is 2.13. The lowest BCUT2D eigenvalue weighted by Gasteiger charge is -2.17. The van der Waals surface area contributed by atoms with E-state index in [1.807, 2.05) is 17.5 Å². The molecule has 0 saturated carbocycles. The molecule has 0 atom stereocenters. The first kappa shape index (κ1) is 13.6. The number of aromatic nitrogens is 1. The highest BCUT2D eigenvalue weighted by atomic mass is 32.1. The average molecular weight is 280 g/mol. The molecule has 2 heterocycles. The zero-order valence-corrected chi connectivity index (χ0v) is 11.8. The van der Waals surface area contributed by atoms with Gasteiger partial charge in [-0.25, -0.2) is 4.98 Å². The Bertz CT molecular complexity index is 522. The number of carbonyl (C=O) groups is 1. The van der Waals surface area contributed by atoms with Gasteiger partial charge in [-0.05, 0) is 19.1 Å². The minimum atomic E-state index is -0.272. The summed E-state index contributed by atoms with van der Waals surface area (Å²) in [6, 6.07) is 3.80. The van der Waals surface area contributed by atoms with Gasteiger partial charge in [-0.15, -0.1) is 11.3 Å². The molecule has 0 unspecified atom stereocenters. The highest BCUT2D eigenvalue weighted by Crippen LogP contribution is 2.22. The Morgan fingerprint density at radius 1 is 1.58 bits per heavy atom. The molecular formula is C13H16N2O3S. The van der Waals surface area contributed by atoms with Crippen LogP contribution in [0.25, 0.3) is 0 Å². The Kier molecular flexibility index (Phi) is 4.57. The number of anilines is 1. The molecule has 6 heteroatoms. The van der Waals surface area contributed by atoms with Crippen LogP contribution in [-0.2, 0) is 22.5 Å². The van der Waals surface area contributed by atoms with Crippen LogP contribution in [0.15, 0.2) is 28.2 Å². The van der Waals surface area contributed by atoms with Gasteiger partial charge in [0.15, 0.2) is 5.13 Å². The number of hydrogen-bond donors (Lipinski definition) is 0. The predicted octanol–water partition coefficient (Wildman–Crippen LogP) is 2.48. The van der Waals surface area contributed by atoms with E-state index in [-0.39, 0.29) is 12.4 Å². The molecule has 2 aromatic heterocycles. The number of thiazole rings is 1. The summed E-state index contributed by atoms with van der Waals surface area (Å²) >= 11 is 1.52. The maximum Gasteiger partial charge on any atom is 0.311 e. The van der Waals surface area contributed by atoms with Gasteiger partial charge in [0, 0.05) is 11.9 Å². The summed E-state index contributed by atoms with van der Waals surface area (Å²) in [7, 11) is 1.38. The van der Waals surface area contributed by atoms with Crippen molar-refractivity contribution >= 4 is 22.4 Å². The summed E-state index contributed by atoms with van der Waals surface area (Å²) in [6.07, 6.45) is 1.87. The third kappa shape index (κ3) is 3.57. The number of rotatable bonds is 6. The molecule has 102 valence electrons. The van der Waals surface area contributed by atoms with E-state index in [9.17, 15) is 4.79 Å². The number of furan rings is 1. The number of carbonyl (C=O) groups excluding carboxylic acids is 1. The molecular weight excluding hydrogens is 264 g/mol. The molecule has 0 aliphatic rings. The standard InChI is InChI=1S/C13H16N2O3S/c1-3-15(8-11-5-4-6-18-11)13-14-10(9-19-13)7-12(16)17-2/h4-6,9H,3,7-8H2,1-2H3. The van der Waals surface area contributed by atoms with Crippen molar-refractivity contribution < 1.29 is 13.9 Å². The average Bonchev–Trinajstić information content (AvgIpc) is 3.07. The van der Waals surface area contributed by atoms with Gasteiger partial charge in [-0.3, -0.25) is 4.79 Å². The van der Waals surface area contributed by atoms with Crippen LogP contribution in [0, 0.1) is 0 Å². The molecule has 19 heavy (non-hydrogen) atoms. The van der Waals surface area contributed by atoms with Gasteiger partial charge in [0.25, 0.3) is 0 Å². The second-order valence-electron chi connectivity index (χ2n) is 3.97. The molecule has 0 aliphatic heterocycles. The van der Waals surface area contributed by atoms with Crippen molar-refractivity contribution in [3.63, 3.8) is 0 Å². The van der Waals surface area contributed by atoms with Crippen molar-refractivity contribution in [2.24, 2.45) is 0 Å². The van der Waals surface area contributed by atoms with E-state index in [1.165, 1.54) is 18.4 Å². The van der Waals surface area contributed by atoms with Crippen molar-refractivity contribution in [3.05, 3.63) is 35.2 Å². The fourth-order valence-electron chi connectivity index (χ4n) is 1.65. The monoisotopic (exact) mass is 280 g/mol. The molecule has 0 bridgehead atoms. The third-order valence-electron chi connectivity index (χ3n) is 2.67. The van der Waals surface area contributed by atoms with Crippen LogP contribution in [0.2, 0.25) is 0 Å². The van der Waals surface area contributed by atoms with Crippen molar-refractivity contribution in [2.45, 2.75) is 19.9 Å². The minimum Gasteiger partial charge on any atom is -0.469 e. The zero-order chi connectivity index (χ0) is 13.7. The molecule has 0 aromatic carbocycles. The lowest BCUT2D eigenvalue weighted by atomic mass is 10.3. The fraction of sp³-hybridized carbons (Fsp3) is 0.385. The molecule has 0 radical (unpaired) electrons. The molecule has 0 aliphatic carbocycles. The van der Waals surface area contributed by atoms with Crippen molar-refractivity contribution in [1.29, 1.82) is 0 Å². The van der Waals surface area contributed by atoms with Crippen LogP contribution in [-0.4, -0.2) is 24.6 Å². The first-order valence-electron chi connectivity index (χ1n) is 6.01. The van der Waals surface area contributed by atoms with Crippen LogP contribution in [0.5, 0.6) is 0 Å². The normalized spacial score (nSPS) is 10.4. The van der Waals surface area contributed by atoms with E-state index >= 15 is 0 Å². The van der Waals surface area contributed by atoms with Crippen LogP contribution in [0.4, 0.5) is 5.13 Å². The Hall–Kier alpha value is -1.82. The smallest absolute Gasteiger partial charge is 0.311 e. The lowest BCUT2D eigenvalue weighted by Crippen LogP contribution is -2.21. The van der Waals surface area contributed by atoms with E-state index in [4.69, 9.17) is 4.42 Å². The Morgan fingerprint density at radius 2 is 2.42 bits per heavy atom. The van der Waals surface area contributed by atoms with E-state index in [0.29, 0.717) is 6.54 Å². The van der Waals surface area contributed by atoms with Crippen LogP contribution in [0.1, 0.15) is 18.4 Å². The number of nitrogens with zero attached hydrogens (tertiary/aromatic N) is 2. The molecule has 0 saturated heterocycles. The SMILES string of the molecule is CCN(Cc1ccco1)c1nc(CC(=O)OC)cs1. The van der Waals surface area contributed by atoms with E-state index in [0.717, 1.165) is 23.1 Å². The highest BCUT2D eigenvalue weighted by molar-refractivity contribution is 7.13. The summed E-state index contributed by atoms with van der Waals surface area (Å²) < 4.78 is 9.97. The number of esters is 1. The molecule has 2 rings (SSSR count). The van der Waals surface area contributed by atoms with Gasteiger partial charge in [0.1, 0.15) is 5.76 Å². The molecule has 0 spiro atoms. The first-order valence-corrected chi connectivity index (χ1v) is 6.89. The van der Waals surface area contributed by atoms with E-state index < -0.39 is 0 Å². The van der Waals surface area contributed by atoms with Crippen LogP contribution in [0.3, 0.4) is 0 Å². The van der Waals surface area contributed by atoms with Crippen molar-refractivity contribution in [3.8, 4) is 0 Å². The van der Waals surface area contributed by atoms with Gasteiger partial charge in [0.05, 0.1) is 32.0 Å². The Balaban J connectivity index is 2.04. The summed E-state index contributed by atoms with van der Waals surface area (Å²) in [4.78, 5) is 17.8. The third-order valence-corrected chi connectivity index (χ3v) is 3.62. The van der Waals surface area contributed by atoms with Gasteiger partial charge in [0.2, 0.25) is 0 Å². The number of hydrogen-bond acceptors (Lipinski definition) is 6. The number of ether oxygens (including phenoxy) is 1. The Morgan fingerprint density at radius 3 is 3.05 bits per heavy atom. The van der Waals surface area contributed by atoms with Gasteiger partial charge in [-0.1, -0.05) is 0 Å². The first-order chi connectivity index (χ1) is 9.22. The Labute approximate surface area is 115 Å². The maximum absolute atomic E-state index is 11.2. The second-order valence-corrected chi connectivity index (χ2v) is 4.80. The molecule has 5 nitrogen and oxygen atoms in total. The lowest BCUT2D eigenvalue weighted by molar-refractivity contribution is -0.139. The van der Waals surface area contributed by atoms with E-state index in [2.05, 4.69) is 21.5 Å². The van der Waals surface area contributed by atoms with Gasteiger partial charge in [-0.2, -0.15) is 0 Å². The van der Waals surface area contributed by atoms with Gasteiger partial charge < -0.3 is 14.1 Å². The van der Waals surface area contributed by atoms with Crippen LogP contribution < -0.4 is 4.90 Å². The molecule has 0 N–H and O–H groups in total. The largest absolute Gasteiger partial charge is 0.469 e. The molecule has 2 aromatic rings. The summed E-state index contributed by atoms with van der Waals surface area (Å²) in [6.45, 7) is 3.56. The van der Waals surface area contributed by atoms with Crippen molar-refractivity contribution in [2.75, 3.05) is 18.6 Å². The second kappa shape index (κ2) is 6.38. The maximum atomic E-state index is 11.2. The van der Waals surface area contributed by atoms with Crippen molar-refractivity contribution in [1.82, 2.24) is 4.98 Å². The quantitative estimate of drug-likeness (QED) is 0.761. The molecule has 0 amide bonds. The minimum absolute atomic E-state index is 0.214. The fourth-order valence-corrected chi connectivity index (χ4v) is 2.54. The predicted molar refractivity (Wildman–Crippen MR) is 73.3 cm³/mol. The number of methoxy groups -OCH3 is 1. The summed E-state index contributed by atoms with van der Waals surface area (Å²) in [5.41, 5.74) is 0.741. The molecule has 0 fully saturated rings. The zero-order valence-electron chi connectivity index (χ0n) is 11.0. The topological polar surface area (TPSA) is 55.6 Å². The van der Waals surface area contributed by atoms with Gasteiger partial charge >= 0.3 is 5.97 Å². The van der Waals surface area contributed by atoms with E-state index in [1.54, 1.807) is 6.26 Å². The van der Waals surface area contributed by atoms with Crippen LogP contribution >= 0.6 is 11.3 Å². The summed E-state index contributed by atoms with van der Waals surface area (Å²) in [5, 5.41) is 2.77. The summed E-state index contributed by atoms with van der Waals surface area (Å²) in [5.74, 6) is 0.623.